The zero-order chi connectivity index (χ0) is 6.69. The molecule has 1 unspecified atom stereocenters. The van der Waals surface area contributed by atoms with Crippen molar-refractivity contribution in [3.63, 3.8) is 0 Å². The minimum atomic E-state index is -0.574. The Balaban J connectivity index is 2.56. The van der Waals surface area contributed by atoms with Crippen LogP contribution in [-0.2, 0) is 9.53 Å². The average molecular weight is 125 g/mol. The van der Waals surface area contributed by atoms with Gasteiger partial charge in [0.1, 0.15) is 0 Å². The molecule has 0 fully saturated rings. The molecule has 0 aromatic carbocycles. The molecule has 1 heterocycles. The highest BCUT2D eigenvalue weighted by Crippen LogP contribution is 1.99. The fourth-order valence-corrected chi connectivity index (χ4v) is 0.548. The first-order valence-electron chi connectivity index (χ1n) is 2.59. The van der Waals surface area contributed by atoms with Crippen molar-refractivity contribution in [3.8, 4) is 0 Å². The predicted octanol–water partition coefficient (Wildman–Crippen LogP) is -0.0596. The van der Waals surface area contributed by atoms with Gasteiger partial charge in [0.05, 0.1) is 6.26 Å². The Labute approximate surface area is 52.8 Å². The monoisotopic (exact) mass is 125 g/mol. The molecule has 1 aliphatic heterocycles. The number of amides is 1. The Hall–Kier alpha value is -1.25. The normalized spacial score (nSPS) is 23.3. The number of nitrogens with two attached hydrogens (primary N) is 1. The van der Waals surface area contributed by atoms with Crippen molar-refractivity contribution in [2.24, 2.45) is 5.73 Å². The van der Waals surface area contributed by atoms with Crippen molar-refractivity contribution >= 4 is 5.91 Å². The van der Waals surface area contributed by atoms with E-state index in [9.17, 15) is 4.79 Å². The highest BCUT2D eigenvalue weighted by Gasteiger charge is 2.11. The lowest BCUT2D eigenvalue weighted by Gasteiger charge is -2.09. The molecular formula is C6H7NO2. The maximum atomic E-state index is 10.4. The fourth-order valence-electron chi connectivity index (χ4n) is 0.548. The fraction of sp³-hybridized carbons (Fsp3) is 0.167. The highest BCUT2D eigenvalue weighted by molar-refractivity contribution is 5.81. The number of hydrogen-bond donors (Lipinski definition) is 1. The van der Waals surface area contributed by atoms with Crippen LogP contribution in [0.5, 0.6) is 0 Å². The Morgan fingerprint density at radius 3 is 2.67 bits per heavy atom. The molecule has 0 spiro atoms. The summed E-state index contributed by atoms with van der Waals surface area (Å²) in [5, 5.41) is 0. The standard InChI is InChI=1S/C6H7NO2/c7-6(8)5-3-1-2-4-9-5/h1-5H,(H2,7,8). The van der Waals surface area contributed by atoms with Gasteiger partial charge in [0.15, 0.2) is 6.10 Å². The van der Waals surface area contributed by atoms with Crippen molar-refractivity contribution in [3.05, 3.63) is 24.5 Å². The summed E-state index contributed by atoms with van der Waals surface area (Å²) in [5.74, 6) is -0.462. The maximum Gasteiger partial charge on any atom is 0.262 e. The molecule has 1 atom stereocenters. The van der Waals surface area contributed by atoms with Gasteiger partial charge in [0.2, 0.25) is 0 Å². The molecule has 0 aliphatic carbocycles. The maximum absolute atomic E-state index is 10.4. The van der Waals surface area contributed by atoms with Crippen LogP contribution in [0.2, 0.25) is 0 Å². The molecule has 2 N–H and O–H groups in total. The lowest BCUT2D eigenvalue weighted by Crippen LogP contribution is -2.28. The van der Waals surface area contributed by atoms with Crippen molar-refractivity contribution in [1.29, 1.82) is 0 Å². The predicted molar refractivity (Wildman–Crippen MR) is 32.3 cm³/mol. The lowest BCUT2D eigenvalue weighted by molar-refractivity contribution is -0.124. The van der Waals surface area contributed by atoms with Crippen LogP contribution in [0.3, 0.4) is 0 Å². The van der Waals surface area contributed by atoms with Crippen LogP contribution in [0.4, 0.5) is 0 Å². The minimum Gasteiger partial charge on any atom is -0.484 e. The van der Waals surface area contributed by atoms with E-state index in [2.05, 4.69) is 0 Å². The summed E-state index contributed by atoms with van der Waals surface area (Å²) in [7, 11) is 0. The number of hydrogen-bond acceptors (Lipinski definition) is 2. The molecular weight excluding hydrogens is 118 g/mol. The van der Waals surface area contributed by atoms with E-state index >= 15 is 0 Å². The van der Waals surface area contributed by atoms with Crippen molar-refractivity contribution in [2.75, 3.05) is 0 Å². The molecule has 9 heavy (non-hydrogen) atoms. The number of primary amides is 1. The molecule has 3 nitrogen and oxygen atoms in total. The van der Waals surface area contributed by atoms with Crippen LogP contribution in [-0.4, -0.2) is 12.0 Å². The summed E-state index contributed by atoms with van der Waals surface area (Å²) in [4.78, 5) is 10.4. The van der Waals surface area contributed by atoms with E-state index in [1.807, 2.05) is 0 Å². The summed E-state index contributed by atoms with van der Waals surface area (Å²) in [6.45, 7) is 0. The second kappa shape index (κ2) is 2.35. The van der Waals surface area contributed by atoms with Gasteiger partial charge in [0, 0.05) is 0 Å². The van der Waals surface area contributed by atoms with Gasteiger partial charge in [0.25, 0.3) is 5.91 Å². The number of rotatable bonds is 1. The smallest absolute Gasteiger partial charge is 0.262 e. The zero-order valence-electron chi connectivity index (χ0n) is 4.78. The Kier molecular flexibility index (Phi) is 1.53. The Bertz CT molecular complexity index is 172. The molecule has 0 bridgehead atoms. The number of carbonyl (C=O) groups is 1. The summed E-state index contributed by atoms with van der Waals surface area (Å²) < 4.78 is 4.80. The summed E-state index contributed by atoms with van der Waals surface area (Å²) in [6.07, 6.45) is 5.88. The summed E-state index contributed by atoms with van der Waals surface area (Å²) >= 11 is 0. The third-order valence-electron chi connectivity index (χ3n) is 0.981. The van der Waals surface area contributed by atoms with E-state index in [4.69, 9.17) is 10.5 Å². The topological polar surface area (TPSA) is 52.3 Å². The van der Waals surface area contributed by atoms with Gasteiger partial charge in [-0.15, -0.1) is 0 Å². The van der Waals surface area contributed by atoms with E-state index < -0.39 is 12.0 Å². The van der Waals surface area contributed by atoms with E-state index in [1.54, 1.807) is 18.2 Å². The van der Waals surface area contributed by atoms with Gasteiger partial charge in [-0.1, -0.05) is 6.08 Å². The van der Waals surface area contributed by atoms with E-state index in [-0.39, 0.29) is 0 Å². The first-order valence-corrected chi connectivity index (χ1v) is 2.59. The van der Waals surface area contributed by atoms with Gasteiger partial charge in [-0.05, 0) is 12.2 Å². The Morgan fingerprint density at radius 2 is 2.33 bits per heavy atom. The number of ether oxygens (including phenoxy) is 1. The van der Waals surface area contributed by atoms with Crippen LogP contribution in [0.25, 0.3) is 0 Å². The van der Waals surface area contributed by atoms with Crippen LogP contribution in [0, 0.1) is 0 Å². The number of allylic oxidation sites excluding steroid dienone is 2. The second-order valence-electron chi connectivity index (χ2n) is 1.67. The van der Waals surface area contributed by atoms with Gasteiger partial charge in [-0.2, -0.15) is 0 Å². The summed E-state index contributed by atoms with van der Waals surface area (Å²) in [5.41, 5.74) is 4.92. The molecule has 0 aromatic heterocycles. The van der Waals surface area contributed by atoms with Crippen molar-refractivity contribution in [1.82, 2.24) is 0 Å². The van der Waals surface area contributed by atoms with E-state index in [0.29, 0.717) is 0 Å². The molecule has 1 rings (SSSR count). The molecule has 0 aromatic rings. The van der Waals surface area contributed by atoms with Crippen molar-refractivity contribution in [2.45, 2.75) is 6.10 Å². The van der Waals surface area contributed by atoms with Gasteiger partial charge in [-0.25, -0.2) is 0 Å². The SMILES string of the molecule is NC(=O)C1C=CC=CO1. The highest BCUT2D eigenvalue weighted by atomic mass is 16.5. The Morgan fingerprint density at radius 1 is 1.56 bits per heavy atom. The molecule has 48 valence electrons. The third-order valence-corrected chi connectivity index (χ3v) is 0.981. The molecule has 1 amide bonds. The van der Waals surface area contributed by atoms with Gasteiger partial charge >= 0.3 is 0 Å². The average Bonchev–Trinajstić information content (AvgIpc) is 1.90. The summed E-state index contributed by atoms with van der Waals surface area (Å²) in [6, 6.07) is 0. The largest absolute Gasteiger partial charge is 0.484 e. The first-order chi connectivity index (χ1) is 4.30. The van der Waals surface area contributed by atoms with Crippen LogP contribution in [0.1, 0.15) is 0 Å². The van der Waals surface area contributed by atoms with Gasteiger partial charge < -0.3 is 10.5 Å². The first kappa shape index (κ1) is 5.88. The van der Waals surface area contributed by atoms with E-state index in [0.717, 1.165) is 0 Å². The van der Waals surface area contributed by atoms with Crippen LogP contribution < -0.4 is 5.73 Å². The van der Waals surface area contributed by atoms with Crippen molar-refractivity contribution < 1.29 is 9.53 Å². The van der Waals surface area contributed by atoms with Gasteiger partial charge in [-0.3, -0.25) is 4.79 Å². The lowest BCUT2D eigenvalue weighted by atomic mass is 10.3. The molecule has 0 radical (unpaired) electrons. The third kappa shape index (κ3) is 1.32. The second-order valence-corrected chi connectivity index (χ2v) is 1.67. The molecule has 0 saturated heterocycles. The van der Waals surface area contributed by atoms with Crippen LogP contribution in [0.15, 0.2) is 24.5 Å². The van der Waals surface area contributed by atoms with Crippen LogP contribution >= 0.6 is 0 Å². The minimum absolute atomic E-state index is 0.462. The molecule has 0 saturated carbocycles. The quantitative estimate of drug-likeness (QED) is 0.533. The molecule has 1 aliphatic rings. The zero-order valence-corrected chi connectivity index (χ0v) is 4.78. The van der Waals surface area contributed by atoms with E-state index in [1.165, 1.54) is 6.26 Å². The molecule has 3 heteroatoms. The number of carbonyl (C=O) groups excluding carboxylic acids is 1.